The van der Waals surface area contributed by atoms with Gasteiger partial charge in [0.05, 0.1) is 29.0 Å². The number of nitrogens with zero attached hydrogens (tertiary/aromatic N) is 2. The van der Waals surface area contributed by atoms with Crippen molar-refractivity contribution < 1.29 is 18.5 Å². The third-order valence-corrected chi connectivity index (χ3v) is 9.41. The number of benzene rings is 2. The van der Waals surface area contributed by atoms with Gasteiger partial charge in [-0.25, -0.2) is 0 Å². The zero-order valence-corrected chi connectivity index (χ0v) is 25.5. The number of hydrogen-bond donors (Lipinski definition) is 0. The molecular weight excluding hydrogens is 635 g/mol. The van der Waals surface area contributed by atoms with Gasteiger partial charge in [-0.1, -0.05) is 36.1 Å². The number of halogens is 1. The van der Waals surface area contributed by atoms with Gasteiger partial charge < -0.3 is 9.64 Å². The van der Waals surface area contributed by atoms with Gasteiger partial charge in [-0.3, -0.25) is 18.8 Å². The molecule has 0 bridgehead atoms. The lowest BCUT2D eigenvalue weighted by Crippen LogP contribution is -2.40. The zero-order valence-electron chi connectivity index (χ0n) is 22.6. The Balaban J connectivity index is 1.33. The molecule has 8 heteroatoms. The fourth-order valence-corrected chi connectivity index (χ4v) is 6.95. The number of amides is 1. The van der Waals surface area contributed by atoms with Crippen LogP contribution in [0.5, 0.6) is 0 Å². The van der Waals surface area contributed by atoms with E-state index in [1.165, 1.54) is 0 Å². The molecule has 1 fully saturated rings. The smallest absolute Gasteiger partial charge is 0.309 e. The quantitative estimate of drug-likeness (QED) is 0.203. The minimum Gasteiger partial charge on any atom is -0.466 e. The van der Waals surface area contributed by atoms with Crippen LogP contribution in [-0.2, 0) is 20.3 Å². The Morgan fingerprint density at radius 2 is 1.93 bits per heavy atom. The molecule has 2 unspecified atom stereocenters. The summed E-state index contributed by atoms with van der Waals surface area (Å²) in [5.74, 6) is -0.441. The van der Waals surface area contributed by atoms with Crippen molar-refractivity contribution in [1.82, 2.24) is 4.90 Å². The van der Waals surface area contributed by atoms with Crippen LogP contribution in [0.25, 0.3) is 10.5 Å². The van der Waals surface area contributed by atoms with E-state index in [1.807, 2.05) is 59.7 Å². The lowest BCUT2D eigenvalue weighted by atomic mass is 9.93. The number of likely N-dealkylation sites (tertiary alicyclic amines) is 1. The third kappa shape index (κ3) is 6.14. The average Bonchev–Trinajstić information content (AvgIpc) is 3.15. The number of aliphatic imine (C=N–C) groups is 1. The molecule has 2 atom stereocenters. The van der Waals surface area contributed by atoms with Crippen LogP contribution in [-0.4, -0.2) is 53.2 Å². The van der Waals surface area contributed by atoms with E-state index in [1.54, 1.807) is 13.2 Å². The fraction of sp³-hybridized carbons (Fsp3) is 0.312. The minimum absolute atomic E-state index is 0.0483. The Morgan fingerprint density at radius 3 is 2.65 bits per heavy atom. The van der Waals surface area contributed by atoms with Gasteiger partial charge in [0, 0.05) is 57.5 Å². The first-order chi connectivity index (χ1) is 19.4. The molecule has 5 rings (SSSR count). The summed E-state index contributed by atoms with van der Waals surface area (Å²) in [5, 5.41) is 0. The van der Waals surface area contributed by atoms with E-state index in [4.69, 9.17) is 9.73 Å². The first-order valence-electron chi connectivity index (χ1n) is 13.5. The van der Waals surface area contributed by atoms with Crippen molar-refractivity contribution in [2.45, 2.75) is 32.1 Å². The van der Waals surface area contributed by atoms with Crippen molar-refractivity contribution in [3.8, 4) is 0 Å². The average molecular weight is 667 g/mol. The van der Waals surface area contributed by atoms with Crippen molar-refractivity contribution in [2.24, 2.45) is 10.9 Å². The second-order valence-electron chi connectivity index (χ2n) is 10.0. The van der Waals surface area contributed by atoms with Crippen molar-refractivity contribution >= 4 is 62.0 Å². The summed E-state index contributed by atoms with van der Waals surface area (Å²) in [6.45, 7) is 3.22. The Bertz CT molecular complexity index is 1530. The predicted molar refractivity (Wildman–Crippen MR) is 168 cm³/mol. The predicted octanol–water partition coefficient (Wildman–Crippen LogP) is 6.12. The van der Waals surface area contributed by atoms with Crippen molar-refractivity contribution in [2.75, 3.05) is 26.0 Å². The van der Waals surface area contributed by atoms with E-state index in [0.29, 0.717) is 44.5 Å². The van der Waals surface area contributed by atoms with Gasteiger partial charge in [0.2, 0.25) is 0 Å². The highest BCUT2D eigenvalue weighted by molar-refractivity contribution is 14.1. The molecule has 0 saturated carbocycles. The van der Waals surface area contributed by atoms with E-state index in [2.05, 4.69) is 40.5 Å². The summed E-state index contributed by atoms with van der Waals surface area (Å²) in [6, 6.07) is 13.9. The molecular formula is C32H31IN2O4S. The van der Waals surface area contributed by atoms with Crippen LogP contribution in [0.1, 0.15) is 59.2 Å². The molecule has 2 aromatic carbocycles. The highest BCUT2D eigenvalue weighted by Gasteiger charge is 2.31. The van der Waals surface area contributed by atoms with Crippen LogP contribution < -0.4 is 0 Å². The molecule has 2 aliphatic heterocycles. The van der Waals surface area contributed by atoms with Crippen LogP contribution in [0.3, 0.4) is 0 Å². The molecule has 206 valence electrons. The van der Waals surface area contributed by atoms with Crippen LogP contribution in [0.2, 0.25) is 0 Å². The lowest BCUT2D eigenvalue weighted by molar-refractivity contribution is -0.149. The van der Waals surface area contributed by atoms with E-state index in [-0.39, 0.29) is 23.7 Å². The number of rotatable bonds is 7. The molecule has 0 aromatic heterocycles. The number of ether oxygens (including phenoxy) is 1. The number of carbonyl (C=O) groups excluding carboxylic acids is 2. The molecule has 6 nitrogen and oxygen atoms in total. The molecule has 1 saturated heterocycles. The summed E-state index contributed by atoms with van der Waals surface area (Å²) in [7, 11) is -1.16. The number of fused-ring (bicyclic) bond motifs is 1. The summed E-state index contributed by atoms with van der Waals surface area (Å²) in [4.78, 5) is 32.9. The first-order valence-corrected chi connectivity index (χ1v) is 16.1. The first kappa shape index (κ1) is 28.5. The second-order valence-corrected chi connectivity index (χ2v) is 12.5. The molecule has 3 aliphatic rings. The SMILES string of the molecule is CCOC(=O)C1CCN(C(=O)c2ccc3c(c2)C(CC2=C=CC=C(c4ccccc4I)C=N2)C=C3S(C)=O)CC1. The van der Waals surface area contributed by atoms with Crippen LogP contribution >= 0.6 is 22.6 Å². The number of allylic oxidation sites excluding steroid dienone is 4. The number of piperidine rings is 1. The highest BCUT2D eigenvalue weighted by Crippen LogP contribution is 2.41. The van der Waals surface area contributed by atoms with Gasteiger partial charge in [0.15, 0.2) is 0 Å². The number of hydrogen-bond acceptors (Lipinski definition) is 5. The second kappa shape index (κ2) is 12.6. The van der Waals surface area contributed by atoms with Crippen LogP contribution in [0.4, 0.5) is 0 Å². The summed E-state index contributed by atoms with van der Waals surface area (Å²) in [6.07, 6.45) is 11.3. The van der Waals surface area contributed by atoms with E-state index in [9.17, 15) is 13.8 Å². The van der Waals surface area contributed by atoms with Crippen LogP contribution in [0, 0.1) is 9.49 Å². The number of carbonyl (C=O) groups is 2. The Kier molecular flexibility index (Phi) is 8.98. The molecule has 1 amide bonds. The maximum absolute atomic E-state index is 13.4. The largest absolute Gasteiger partial charge is 0.466 e. The summed E-state index contributed by atoms with van der Waals surface area (Å²) < 4.78 is 18.9. The van der Waals surface area contributed by atoms with Crippen molar-refractivity contribution in [3.05, 3.63) is 97.9 Å². The number of esters is 1. The summed E-state index contributed by atoms with van der Waals surface area (Å²) in [5.41, 5.74) is 8.75. The molecule has 2 aromatic rings. The molecule has 0 radical (unpaired) electrons. The Hall–Kier alpha value is -3.07. The van der Waals surface area contributed by atoms with Crippen LogP contribution in [0.15, 0.2) is 77.1 Å². The standard InChI is InChI=1S/C32H31IN2O4S/c1-3-39-32(37)21-13-15-35(16-14-21)31(36)22-11-12-27-28(18-22)24(19-30(27)40(2)38)17-25-8-6-7-23(20-34-25)26-9-4-5-10-29(26)33/h4-7,9-12,18-21,24H,3,13-17H2,1-2H3. The van der Waals surface area contributed by atoms with Crippen molar-refractivity contribution in [1.29, 1.82) is 0 Å². The Morgan fingerprint density at radius 1 is 1.15 bits per heavy atom. The van der Waals surface area contributed by atoms with E-state index >= 15 is 0 Å². The third-order valence-electron chi connectivity index (χ3n) is 7.50. The zero-order chi connectivity index (χ0) is 28.2. The van der Waals surface area contributed by atoms with Gasteiger partial charge in [0.1, 0.15) is 0 Å². The van der Waals surface area contributed by atoms with E-state index in [0.717, 1.165) is 36.4 Å². The van der Waals surface area contributed by atoms with Gasteiger partial charge in [0.25, 0.3) is 5.91 Å². The molecule has 1 aliphatic carbocycles. The summed E-state index contributed by atoms with van der Waals surface area (Å²) >= 11 is 2.33. The van der Waals surface area contributed by atoms with Gasteiger partial charge in [-0.15, -0.1) is 0 Å². The van der Waals surface area contributed by atoms with Gasteiger partial charge >= 0.3 is 5.97 Å². The monoisotopic (exact) mass is 666 g/mol. The van der Waals surface area contributed by atoms with E-state index < -0.39 is 10.8 Å². The van der Waals surface area contributed by atoms with Gasteiger partial charge in [-0.2, -0.15) is 0 Å². The van der Waals surface area contributed by atoms with Crippen molar-refractivity contribution in [3.63, 3.8) is 0 Å². The molecule has 40 heavy (non-hydrogen) atoms. The normalized spacial score (nSPS) is 19.3. The lowest BCUT2D eigenvalue weighted by Gasteiger charge is -2.31. The minimum atomic E-state index is -1.16. The fourth-order valence-electron chi connectivity index (χ4n) is 5.40. The van der Waals surface area contributed by atoms with Gasteiger partial charge in [-0.05, 0) is 89.4 Å². The topological polar surface area (TPSA) is 76.0 Å². The molecule has 2 heterocycles. The highest BCUT2D eigenvalue weighted by atomic mass is 127. The molecule has 0 spiro atoms. The molecule has 0 N–H and O–H groups in total. The Labute approximate surface area is 251 Å². The maximum atomic E-state index is 13.4. The maximum Gasteiger partial charge on any atom is 0.309 e.